The van der Waals surface area contributed by atoms with Gasteiger partial charge in [-0.1, -0.05) is 23.8 Å². The molecule has 0 aromatic rings. The summed E-state index contributed by atoms with van der Waals surface area (Å²) < 4.78 is 0.338. The number of thioether (sulfide) groups is 1. The molecular formula is C10H16S. The van der Waals surface area contributed by atoms with Gasteiger partial charge < -0.3 is 0 Å². The molecule has 0 aromatic carbocycles. The molecule has 0 fully saturated rings. The summed E-state index contributed by atoms with van der Waals surface area (Å²) >= 11 is 1.93. The minimum atomic E-state index is 0.338. The molecule has 1 rings (SSSR count). The van der Waals surface area contributed by atoms with Crippen molar-refractivity contribution in [3.63, 3.8) is 0 Å². The molecule has 0 N–H and O–H groups in total. The smallest absolute Gasteiger partial charge is 0.0312 e. The Kier molecular flexibility index (Phi) is 2.83. The van der Waals surface area contributed by atoms with E-state index in [1.165, 1.54) is 12.8 Å². The molecule has 0 nitrogen and oxygen atoms in total. The third kappa shape index (κ3) is 2.13. The van der Waals surface area contributed by atoms with Gasteiger partial charge in [-0.3, -0.25) is 0 Å². The second kappa shape index (κ2) is 3.48. The van der Waals surface area contributed by atoms with E-state index in [9.17, 15) is 0 Å². The standard InChI is InChI=1S/C10H16S/c1-10(2,11-3)9-7-5-4-6-8-9/h4-5,7H,6,8H2,1-3H3. The number of allylic oxidation sites excluding steroid dienone is 3. The summed E-state index contributed by atoms with van der Waals surface area (Å²) in [6.07, 6.45) is 11.3. The highest BCUT2D eigenvalue weighted by Gasteiger charge is 2.21. The Labute approximate surface area is 73.8 Å². The first kappa shape index (κ1) is 8.92. The molecule has 62 valence electrons. The second-order valence-corrected chi connectivity index (χ2v) is 4.80. The molecule has 1 heteroatoms. The van der Waals surface area contributed by atoms with Crippen molar-refractivity contribution in [2.24, 2.45) is 0 Å². The summed E-state index contributed by atoms with van der Waals surface area (Å²) in [7, 11) is 0. The molecule has 0 bridgehead atoms. The zero-order valence-electron chi connectivity index (χ0n) is 7.55. The van der Waals surface area contributed by atoms with Crippen LogP contribution >= 0.6 is 11.8 Å². The maximum absolute atomic E-state index is 2.29. The Morgan fingerprint density at radius 3 is 2.64 bits per heavy atom. The quantitative estimate of drug-likeness (QED) is 0.609. The van der Waals surface area contributed by atoms with Gasteiger partial charge in [0.05, 0.1) is 0 Å². The van der Waals surface area contributed by atoms with Gasteiger partial charge in [-0.25, -0.2) is 0 Å². The Balaban J connectivity index is 2.72. The lowest BCUT2D eigenvalue weighted by molar-refractivity contribution is 0.761. The third-order valence-electron chi connectivity index (χ3n) is 2.30. The summed E-state index contributed by atoms with van der Waals surface area (Å²) in [5, 5.41) is 0. The van der Waals surface area contributed by atoms with Crippen LogP contribution in [0, 0.1) is 0 Å². The predicted molar refractivity (Wildman–Crippen MR) is 54.1 cm³/mol. The van der Waals surface area contributed by atoms with Crippen LogP contribution in [0.4, 0.5) is 0 Å². The molecule has 11 heavy (non-hydrogen) atoms. The van der Waals surface area contributed by atoms with Gasteiger partial charge in [0.15, 0.2) is 0 Å². The fraction of sp³-hybridized carbons (Fsp3) is 0.600. The van der Waals surface area contributed by atoms with Crippen LogP contribution in [0.1, 0.15) is 26.7 Å². The van der Waals surface area contributed by atoms with Crippen molar-refractivity contribution in [1.29, 1.82) is 0 Å². The average molecular weight is 168 g/mol. The van der Waals surface area contributed by atoms with E-state index in [0.29, 0.717) is 4.75 Å². The molecule has 0 unspecified atom stereocenters. The molecule has 0 aromatic heterocycles. The van der Waals surface area contributed by atoms with Crippen LogP contribution in [0.15, 0.2) is 23.8 Å². The van der Waals surface area contributed by atoms with Gasteiger partial charge >= 0.3 is 0 Å². The Hall–Kier alpha value is -0.170. The van der Waals surface area contributed by atoms with Crippen molar-refractivity contribution in [2.75, 3.05) is 6.26 Å². The normalized spacial score (nSPS) is 18.3. The zero-order chi connectivity index (χ0) is 8.32. The summed E-state index contributed by atoms with van der Waals surface area (Å²) in [5.41, 5.74) is 1.58. The summed E-state index contributed by atoms with van der Waals surface area (Å²) in [6.45, 7) is 4.59. The molecular weight excluding hydrogens is 152 g/mol. The summed E-state index contributed by atoms with van der Waals surface area (Å²) in [4.78, 5) is 0. The van der Waals surface area contributed by atoms with Crippen molar-refractivity contribution in [1.82, 2.24) is 0 Å². The minimum Gasteiger partial charge on any atom is -0.155 e. The van der Waals surface area contributed by atoms with E-state index < -0.39 is 0 Å². The van der Waals surface area contributed by atoms with Crippen LogP contribution in [-0.4, -0.2) is 11.0 Å². The van der Waals surface area contributed by atoms with Crippen molar-refractivity contribution in [3.05, 3.63) is 23.8 Å². The van der Waals surface area contributed by atoms with Gasteiger partial charge in [-0.05, 0) is 32.9 Å². The second-order valence-electron chi connectivity index (χ2n) is 3.37. The van der Waals surface area contributed by atoms with Crippen molar-refractivity contribution in [3.8, 4) is 0 Å². The van der Waals surface area contributed by atoms with Gasteiger partial charge in [0.25, 0.3) is 0 Å². The monoisotopic (exact) mass is 168 g/mol. The highest BCUT2D eigenvalue weighted by Crippen LogP contribution is 2.34. The van der Waals surface area contributed by atoms with Crippen LogP contribution in [0.3, 0.4) is 0 Å². The van der Waals surface area contributed by atoms with E-state index in [1.54, 1.807) is 5.57 Å². The molecule has 0 radical (unpaired) electrons. The molecule has 0 saturated heterocycles. The molecule has 0 saturated carbocycles. The molecule has 0 spiro atoms. The highest BCUT2D eigenvalue weighted by molar-refractivity contribution is 8.00. The lowest BCUT2D eigenvalue weighted by Crippen LogP contribution is -2.18. The Morgan fingerprint density at radius 2 is 2.18 bits per heavy atom. The van der Waals surface area contributed by atoms with E-state index in [4.69, 9.17) is 0 Å². The van der Waals surface area contributed by atoms with Crippen molar-refractivity contribution in [2.45, 2.75) is 31.4 Å². The fourth-order valence-corrected chi connectivity index (χ4v) is 1.67. The molecule has 1 aliphatic rings. The molecule has 1 aliphatic carbocycles. The lowest BCUT2D eigenvalue weighted by atomic mass is 9.94. The van der Waals surface area contributed by atoms with Gasteiger partial charge in [0, 0.05) is 4.75 Å². The minimum absolute atomic E-state index is 0.338. The van der Waals surface area contributed by atoms with Gasteiger partial charge in [-0.2, -0.15) is 11.8 Å². The molecule has 0 heterocycles. The van der Waals surface area contributed by atoms with Gasteiger partial charge in [0.1, 0.15) is 0 Å². The highest BCUT2D eigenvalue weighted by atomic mass is 32.2. The van der Waals surface area contributed by atoms with Gasteiger partial charge in [-0.15, -0.1) is 0 Å². The first-order valence-electron chi connectivity index (χ1n) is 4.08. The van der Waals surface area contributed by atoms with E-state index in [2.05, 4.69) is 38.3 Å². The number of hydrogen-bond acceptors (Lipinski definition) is 1. The first-order chi connectivity index (χ1) is 5.17. The average Bonchev–Trinajstić information content (AvgIpc) is 2.06. The Morgan fingerprint density at radius 1 is 1.45 bits per heavy atom. The Bertz CT molecular complexity index is 187. The van der Waals surface area contributed by atoms with E-state index in [1.807, 2.05) is 11.8 Å². The fourth-order valence-electron chi connectivity index (χ4n) is 1.24. The number of hydrogen-bond donors (Lipinski definition) is 0. The SMILES string of the molecule is CSC(C)(C)C1=CC=CCC1. The van der Waals surface area contributed by atoms with Gasteiger partial charge in [0.2, 0.25) is 0 Å². The first-order valence-corrected chi connectivity index (χ1v) is 5.30. The maximum Gasteiger partial charge on any atom is 0.0312 e. The van der Waals surface area contributed by atoms with Crippen molar-refractivity contribution < 1.29 is 0 Å². The maximum atomic E-state index is 2.29. The largest absolute Gasteiger partial charge is 0.155 e. The van der Waals surface area contributed by atoms with Crippen LogP contribution in [0.25, 0.3) is 0 Å². The summed E-state index contributed by atoms with van der Waals surface area (Å²) in [5.74, 6) is 0. The lowest BCUT2D eigenvalue weighted by Gasteiger charge is -2.26. The third-order valence-corrected chi connectivity index (χ3v) is 3.58. The molecule has 0 atom stereocenters. The number of rotatable bonds is 2. The van der Waals surface area contributed by atoms with E-state index >= 15 is 0 Å². The molecule has 0 amide bonds. The van der Waals surface area contributed by atoms with Crippen LogP contribution in [0.2, 0.25) is 0 Å². The van der Waals surface area contributed by atoms with E-state index in [0.717, 1.165) is 0 Å². The van der Waals surface area contributed by atoms with Crippen LogP contribution < -0.4 is 0 Å². The van der Waals surface area contributed by atoms with Crippen LogP contribution in [-0.2, 0) is 0 Å². The predicted octanol–water partition coefficient (Wildman–Crippen LogP) is 3.40. The summed E-state index contributed by atoms with van der Waals surface area (Å²) in [6, 6.07) is 0. The van der Waals surface area contributed by atoms with Crippen molar-refractivity contribution >= 4 is 11.8 Å². The van der Waals surface area contributed by atoms with Crippen LogP contribution in [0.5, 0.6) is 0 Å². The molecule has 0 aliphatic heterocycles. The topological polar surface area (TPSA) is 0 Å². The van der Waals surface area contributed by atoms with E-state index in [-0.39, 0.29) is 0 Å². The zero-order valence-corrected chi connectivity index (χ0v) is 8.37.